The summed E-state index contributed by atoms with van der Waals surface area (Å²) in [7, 11) is 0. The Balaban J connectivity index is 1.61. The quantitative estimate of drug-likeness (QED) is 0.179. The van der Waals surface area contributed by atoms with Gasteiger partial charge in [0, 0.05) is 6.61 Å². The predicted octanol–water partition coefficient (Wildman–Crippen LogP) is 7.07. The number of halogens is 1. The van der Waals surface area contributed by atoms with Crippen LogP contribution in [0.5, 0.6) is 11.5 Å². The topological polar surface area (TPSA) is 60.4 Å². The van der Waals surface area contributed by atoms with Crippen molar-refractivity contribution in [3.05, 3.63) is 93.3 Å². The Hall–Kier alpha value is -3.07. The highest BCUT2D eigenvalue weighted by Gasteiger charge is 2.33. The summed E-state index contributed by atoms with van der Waals surface area (Å²) in [5, 5.41) is 0.633. The molecule has 1 saturated heterocycles. The van der Waals surface area contributed by atoms with Crippen molar-refractivity contribution in [2.45, 2.75) is 20.5 Å². The first-order valence-corrected chi connectivity index (χ1v) is 13.8. The van der Waals surface area contributed by atoms with Gasteiger partial charge in [0.1, 0.15) is 6.61 Å². The van der Waals surface area contributed by atoms with Crippen LogP contribution in [0.25, 0.3) is 6.08 Å². The molecule has 3 aromatic carbocycles. The van der Waals surface area contributed by atoms with Crippen LogP contribution in [-0.4, -0.2) is 42.3 Å². The van der Waals surface area contributed by atoms with Gasteiger partial charge in [0.05, 0.1) is 34.8 Å². The van der Waals surface area contributed by atoms with E-state index in [1.165, 1.54) is 11.8 Å². The molecular formula is C29H29BrN2O4S. The summed E-state index contributed by atoms with van der Waals surface area (Å²) in [5.74, 6) is 1.14. The Bertz CT molecular complexity index is 1270. The minimum absolute atomic E-state index is 0.0992. The third kappa shape index (κ3) is 7.25. The molecule has 0 bridgehead atoms. The third-order valence-electron chi connectivity index (χ3n) is 5.39. The van der Waals surface area contributed by atoms with Crippen LogP contribution in [0.15, 0.2) is 87.2 Å². The van der Waals surface area contributed by atoms with Crippen molar-refractivity contribution in [2.24, 2.45) is 4.99 Å². The smallest absolute Gasteiger partial charge is 0.266 e. The number of ether oxygens (including phenoxy) is 3. The van der Waals surface area contributed by atoms with Gasteiger partial charge in [0.15, 0.2) is 16.7 Å². The number of amidine groups is 1. The standard InChI is InChI=1S/C29H29BrN2O4S/c1-3-34-16-15-32-28(33)26(37-29(32)31-23-13-9-6-10-14-23)19-22-17-24(30)27(25(18-22)35-4-2)36-20-21-11-7-5-8-12-21/h5-14,17-19H,3-4,15-16,20H2,1-2H3/b26-19-,31-29?. The number of aliphatic imine (C=N–C) groups is 1. The van der Waals surface area contributed by atoms with E-state index < -0.39 is 0 Å². The Labute approximate surface area is 230 Å². The number of hydrogen-bond acceptors (Lipinski definition) is 6. The highest BCUT2D eigenvalue weighted by Crippen LogP contribution is 2.40. The summed E-state index contributed by atoms with van der Waals surface area (Å²) in [6, 6.07) is 23.4. The Kier molecular flexibility index (Phi) is 9.82. The second kappa shape index (κ2) is 13.5. The largest absolute Gasteiger partial charge is 0.490 e. The zero-order chi connectivity index (χ0) is 26.0. The third-order valence-corrected chi connectivity index (χ3v) is 6.98. The van der Waals surface area contributed by atoms with E-state index in [9.17, 15) is 4.79 Å². The fourth-order valence-electron chi connectivity index (χ4n) is 3.66. The molecule has 1 aliphatic rings. The first kappa shape index (κ1) is 27.0. The number of thioether (sulfide) groups is 1. The van der Waals surface area contributed by atoms with Gasteiger partial charge >= 0.3 is 0 Å². The summed E-state index contributed by atoms with van der Waals surface area (Å²) in [6.07, 6.45) is 1.86. The van der Waals surface area contributed by atoms with Gasteiger partial charge in [0.25, 0.3) is 5.91 Å². The van der Waals surface area contributed by atoms with E-state index in [2.05, 4.69) is 15.9 Å². The van der Waals surface area contributed by atoms with Gasteiger partial charge in [-0.15, -0.1) is 0 Å². The maximum absolute atomic E-state index is 13.4. The number of carbonyl (C=O) groups excluding carboxylic acids is 1. The van der Waals surface area contributed by atoms with Crippen LogP contribution in [0.3, 0.4) is 0 Å². The molecular weight excluding hydrogens is 552 g/mol. The zero-order valence-electron chi connectivity index (χ0n) is 20.9. The van der Waals surface area contributed by atoms with Gasteiger partial charge in [0.2, 0.25) is 0 Å². The zero-order valence-corrected chi connectivity index (χ0v) is 23.3. The minimum atomic E-state index is -0.0992. The molecule has 0 unspecified atom stereocenters. The van der Waals surface area contributed by atoms with E-state index >= 15 is 0 Å². The van der Waals surface area contributed by atoms with E-state index in [0.717, 1.165) is 21.3 Å². The lowest BCUT2D eigenvalue weighted by Gasteiger charge is -2.15. The normalized spacial score (nSPS) is 15.5. The van der Waals surface area contributed by atoms with E-state index in [0.29, 0.717) is 54.5 Å². The summed E-state index contributed by atoms with van der Waals surface area (Å²) in [6.45, 7) is 6.24. The van der Waals surface area contributed by atoms with Crippen LogP contribution in [0.4, 0.5) is 5.69 Å². The van der Waals surface area contributed by atoms with Gasteiger partial charge in [-0.1, -0.05) is 48.5 Å². The maximum Gasteiger partial charge on any atom is 0.266 e. The monoisotopic (exact) mass is 580 g/mol. The molecule has 192 valence electrons. The fraction of sp³-hybridized carbons (Fsp3) is 0.241. The average Bonchev–Trinajstić information content (AvgIpc) is 3.18. The molecule has 0 saturated carbocycles. The van der Waals surface area contributed by atoms with Crippen molar-refractivity contribution in [1.29, 1.82) is 0 Å². The first-order chi connectivity index (χ1) is 18.1. The molecule has 0 N–H and O–H groups in total. The van der Waals surface area contributed by atoms with E-state index in [4.69, 9.17) is 19.2 Å². The molecule has 4 rings (SSSR count). The molecule has 0 aliphatic carbocycles. The molecule has 1 amide bonds. The Morgan fingerprint density at radius 2 is 1.70 bits per heavy atom. The molecule has 0 spiro atoms. The molecule has 6 nitrogen and oxygen atoms in total. The van der Waals surface area contributed by atoms with E-state index in [1.807, 2.05) is 92.7 Å². The van der Waals surface area contributed by atoms with Crippen LogP contribution < -0.4 is 9.47 Å². The Morgan fingerprint density at radius 3 is 2.41 bits per heavy atom. The molecule has 8 heteroatoms. The van der Waals surface area contributed by atoms with Crippen molar-refractivity contribution in [3.8, 4) is 11.5 Å². The number of para-hydroxylation sites is 1. The summed E-state index contributed by atoms with van der Waals surface area (Å²) < 4.78 is 18.3. The molecule has 37 heavy (non-hydrogen) atoms. The van der Waals surface area contributed by atoms with Crippen molar-refractivity contribution in [1.82, 2.24) is 4.90 Å². The van der Waals surface area contributed by atoms with Gasteiger partial charge in [-0.3, -0.25) is 9.69 Å². The number of amides is 1. The van der Waals surface area contributed by atoms with Crippen LogP contribution in [-0.2, 0) is 16.1 Å². The van der Waals surface area contributed by atoms with Crippen molar-refractivity contribution < 1.29 is 19.0 Å². The molecule has 1 fully saturated rings. The SMILES string of the molecule is CCOCCN1C(=O)/C(=C/c2cc(Br)c(OCc3ccccc3)c(OCC)c2)SC1=Nc1ccccc1. The predicted molar refractivity (Wildman–Crippen MR) is 153 cm³/mol. The number of nitrogens with zero attached hydrogens (tertiary/aromatic N) is 2. The van der Waals surface area contributed by atoms with Crippen molar-refractivity contribution >= 4 is 50.5 Å². The molecule has 0 radical (unpaired) electrons. The molecule has 1 aliphatic heterocycles. The van der Waals surface area contributed by atoms with Gasteiger partial charge < -0.3 is 14.2 Å². The highest BCUT2D eigenvalue weighted by atomic mass is 79.9. The number of carbonyl (C=O) groups is 1. The second-order valence-corrected chi connectivity index (χ2v) is 9.90. The highest BCUT2D eigenvalue weighted by molar-refractivity contribution is 9.10. The second-order valence-electron chi connectivity index (χ2n) is 8.03. The number of hydrogen-bond donors (Lipinski definition) is 0. The maximum atomic E-state index is 13.4. The van der Waals surface area contributed by atoms with Gasteiger partial charge in [-0.2, -0.15) is 0 Å². The lowest BCUT2D eigenvalue weighted by Crippen LogP contribution is -2.32. The van der Waals surface area contributed by atoms with Crippen molar-refractivity contribution in [3.63, 3.8) is 0 Å². The van der Waals surface area contributed by atoms with Crippen LogP contribution in [0, 0.1) is 0 Å². The fourth-order valence-corrected chi connectivity index (χ4v) is 5.26. The van der Waals surface area contributed by atoms with E-state index in [-0.39, 0.29) is 5.91 Å². The Morgan fingerprint density at radius 1 is 0.973 bits per heavy atom. The molecule has 1 heterocycles. The number of rotatable bonds is 11. The van der Waals surface area contributed by atoms with Gasteiger partial charge in [-0.25, -0.2) is 4.99 Å². The lowest BCUT2D eigenvalue weighted by molar-refractivity contribution is -0.122. The summed E-state index contributed by atoms with van der Waals surface area (Å²) in [4.78, 5) is 20.3. The first-order valence-electron chi connectivity index (χ1n) is 12.1. The molecule has 0 atom stereocenters. The summed E-state index contributed by atoms with van der Waals surface area (Å²) >= 11 is 5.00. The van der Waals surface area contributed by atoms with Crippen LogP contribution in [0.2, 0.25) is 0 Å². The molecule has 0 aromatic heterocycles. The van der Waals surface area contributed by atoms with Crippen LogP contribution in [0.1, 0.15) is 25.0 Å². The number of benzene rings is 3. The van der Waals surface area contributed by atoms with Crippen LogP contribution >= 0.6 is 27.7 Å². The summed E-state index contributed by atoms with van der Waals surface area (Å²) in [5.41, 5.74) is 2.68. The lowest BCUT2D eigenvalue weighted by atomic mass is 10.1. The van der Waals surface area contributed by atoms with Gasteiger partial charge in [-0.05, 0) is 83.0 Å². The average molecular weight is 582 g/mol. The van der Waals surface area contributed by atoms with E-state index in [1.54, 1.807) is 4.90 Å². The van der Waals surface area contributed by atoms with Crippen molar-refractivity contribution in [2.75, 3.05) is 26.4 Å². The molecule has 3 aromatic rings. The minimum Gasteiger partial charge on any atom is -0.490 e.